The van der Waals surface area contributed by atoms with Gasteiger partial charge in [0.15, 0.2) is 9.84 Å². The van der Waals surface area contributed by atoms with Crippen LogP contribution in [0.25, 0.3) is 0 Å². The molecule has 3 rings (SSSR count). The van der Waals surface area contributed by atoms with Crippen LogP contribution in [-0.2, 0) is 26.0 Å². The summed E-state index contributed by atoms with van der Waals surface area (Å²) in [6.45, 7) is 1.97. The summed E-state index contributed by atoms with van der Waals surface area (Å²) in [5.41, 5.74) is 1.18. The zero-order chi connectivity index (χ0) is 20.3. The second-order valence-electron chi connectivity index (χ2n) is 6.38. The lowest BCUT2D eigenvalue weighted by Gasteiger charge is -2.21. The highest BCUT2D eigenvalue weighted by Gasteiger charge is 2.25. The third kappa shape index (κ3) is 4.90. The van der Waals surface area contributed by atoms with Crippen molar-refractivity contribution in [1.29, 1.82) is 0 Å². The highest BCUT2D eigenvalue weighted by Crippen LogP contribution is 2.36. The van der Waals surface area contributed by atoms with Crippen molar-refractivity contribution in [3.63, 3.8) is 0 Å². The number of carbonyl (C=O) groups is 2. The molecule has 148 valence electrons. The van der Waals surface area contributed by atoms with Crippen molar-refractivity contribution in [2.75, 3.05) is 11.1 Å². The number of thioether (sulfide) groups is 1. The minimum Gasteiger partial charge on any atom is -0.352 e. The Morgan fingerprint density at radius 2 is 1.93 bits per heavy atom. The number of hydrogen-bond acceptors (Lipinski definition) is 5. The predicted octanol–water partition coefficient (Wildman–Crippen LogP) is 2.74. The molecule has 0 radical (unpaired) electrons. The second kappa shape index (κ2) is 8.32. The summed E-state index contributed by atoms with van der Waals surface area (Å²) < 4.78 is 37.9. The molecule has 0 saturated carbocycles. The second-order valence-corrected chi connectivity index (χ2v) is 9.87. The van der Waals surface area contributed by atoms with E-state index < -0.39 is 15.7 Å². The quantitative estimate of drug-likeness (QED) is 0.747. The first kappa shape index (κ1) is 20.3. The number of nitrogens with one attached hydrogen (secondary N) is 2. The molecule has 6 nitrogen and oxygen atoms in total. The molecule has 2 N–H and O–H groups in total. The minimum atomic E-state index is -3.68. The van der Waals surface area contributed by atoms with Crippen LogP contribution in [0.2, 0.25) is 0 Å². The van der Waals surface area contributed by atoms with Crippen molar-refractivity contribution in [3.05, 3.63) is 53.8 Å². The van der Waals surface area contributed by atoms with Gasteiger partial charge in [-0.3, -0.25) is 9.59 Å². The number of amides is 2. The zero-order valence-corrected chi connectivity index (χ0v) is 16.7. The summed E-state index contributed by atoms with van der Waals surface area (Å²) in [4.78, 5) is 24.6. The fourth-order valence-electron chi connectivity index (χ4n) is 2.62. The van der Waals surface area contributed by atoms with Crippen LogP contribution >= 0.6 is 11.8 Å². The van der Waals surface area contributed by atoms with Gasteiger partial charge in [-0.1, -0.05) is 12.1 Å². The van der Waals surface area contributed by atoms with Gasteiger partial charge in [-0.05, 0) is 42.8 Å². The lowest BCUT2D eigenvalue weighted by atomic mass is 10.2. The van der Waals surface area contributed by atoms with Crippen molar-refractivity contribution < 1.29 is 22.4 Å². The van der Waals surface area contributed by atoms with E-state index in [1.807, 2.05) is 0 Å². The van der Waals surface area contributed by atoms with E-state index in [1.165, 1.54) is 36.0 Å². The molecular formula is C19H19FN2O4S2. The highest BCUT2D eigenvalue weighted by molar-refractivity contribution is 8.01. The molecule has 0 saturated heterocycles. The summed E-state index contributed by atoms with van der Waals surface area (Å²) in [6, 6.07) is 10.3. The van der Waals surface area contributed by atoms with Crippen LogP contribution in [-0.4, -0.2) is 31.2 Å². The Hall–Kier alpha value is -2.39. The van der Waals surface area contributed by atoms with E-state index in [0.717, 1.165) is 10.5 Å². The first-order valence-corrected chi connectivity index (χ1v) is 11.1. The van der Waals surface area contributed by atoms with E-state index in [4.69, 9.17) is 0 Å². The number of anilines is 1. The summed E-state index contributed by atoms with van der Waals surface area (Å²) in [7, 11) is -3.68. The first-order valence-electron chi connectivity index (χ1n) is 8.60. The van der Waals surface area contributed by atoms with Gasteiger partial charge in [-0.25, -0.2) is 12.8 Å². The summed E-state index contributed by atoms with van der Waals surface area (Å²) >= 11 is 1.37. The molecule has 1 heterocycles. The number of carbonyl (C=O) groups excluding carboxylic acids is 2. The van der Waals surface area contributed by atoms with Crippen LogP contribution < -0.4 is 10.6 Å². The van der Waals surface area contributed by atoms with Gasteiger partial charge in [0.1, 0.15) is 5.82 Å². The molecular weight excluding hydrogens is 403 g/mol. The van der Waals surface area contributed by atoms with Gasteiger partial charge in [0.25, 0.3) is 0 Å². The van der Waals surface area contributed by atoms with Crippen molar-refractivity contribution in [1.82, 2.24) is 5.32 Å². The van der Waals surface area contributed by atoms with Gasteiger partial charge < -0.3 is 10.6 Å². The molecule has 1 unspecified atom stereocenters. The molecule has 0 aromatic heterocycles. The average molecular weight is 423 g/mol. The molecule has 0 spiro atoms. The number of sulfone groups is 1. The monoisotopic (exact) mass is 422 g/mol. The Morgan fingerprint density at radius 3 is 2.64 bits per heavy atom. The number of benzene rings is 2. The Morgan fingerprint density at radius 1 is 1.21 bits per heavy atom. The van der Waals surface area contributed by atoms with Crippen molar-refractivity contribution in [2.45, 2.75) is 34.9 Å². The van der Waals surface area contributed by atoms with Crippen molar-refractivity contribution in [3.8, 4) is 0 Å². The normalized spacial score (nSPS) is 16.2. The fraction of sp³-hybridized carbons (Fsp3) is 0.263. The Kier molecular flexibility index (Phi) is 6.04. The van der Waals surface area contributed by atoms with Crippen LogP contribution in [0.15, 0.2) is 52.3 Å². The minimum absolute atomic E-state index is 0.0630. The number of halogens is 1. The molecule has 28 heavy (non-hydrogen) atoms. The highest BCUT2D eigenvalue weighted by atomic mass is 32.2. The van der Waals surface area contributed by atoms with E-state index in [-0.39, 0.29) is 40.6 Å². The Labute approximate surface area is 166 Å². The van der Waals surface area contributed by atoms with E-state index in [0.29, 0.717) is 5.69 Å². The van der Waals surface area contributed by atoms with Crippen LogP contribution in [0.1, 0.15) is 18.9 Å². The molecule has 2 aromatic rings. The van der Waals surface area contributed by atoms with Crippen molar-refractivity contribution >= 4 is 39.1 Å². The SMILES string of the molecule is CC1Sc2ccc(S(=O)(=O)CCC(=O)NCc3ccc(F)cc3)cc2NC1=O. The third-order valence-corrected chi connectivity index (χ3v) is 7.13. The zero-order valence-electron chi connectivity index (χ0n) is 15.1. The molecule has 2 aromatic carbocycles. The third-order valence-electron chi connectivity index (χ3n) is 4.24. The molecule has 1 aliphatic rings. The molecule has 1 aliphatic heterocycles. The lowest BCUT2D eigenvalue weighted by molar-refractivity contribution is -0.121. The number of hydrogen-bond donors (Lipinski definition) is 2. The van der Waals surface area contributed by atoms with Gasteiger partial charge in [-0.15, -0.1) is 11.8 Å². The molecule has 0 aliphatic carbocycles. The van der Waals surface area contributed by atoms with Crippen LogP contribution in [0.5, 0.6) is 0 Å². The van der Waals surface area contributed by atoms with Crippen LogP contribution in [0, 0.1) is 5.82 Å². The predicted molar refractivity (Wildman–Crippen MR) is 105 cm³/mol. The average Bonchev–Trinajstić information content (AvgIpc) is 2.66. The van der Waals surface area contributed by atoms with E-state index >= 15 is 0 Å². The topological polar surface area (TPSA) is 92.3 Å². The maximum atomic E-state index is 12.9. The van der Waals surface area contributed by atoms with Crippen LogP contribution in [0.3, 0.4) is 0 Å². The van der Waals surface area contributed by atoms with Gasteiger partial charge >= 0.3 is 0 Å². The first-order chi connectivity index (χ1) is 13.2. The maximum absolute atomic E-state index is 12.9. The van der Waals surface area contributed by atoms with E-state index in [1.54, 1.807) is 25.1 Å². The fourth-order valence-corrected chi connectivity index (χ4v) is 4.81. The molecule has 9 heteroatoms. The number of rotatable bonds is 6. The summed E-state index contributed by atoms with van der Waals surface area (Å²) in [5, 5.41) is 5.08. The van der Waals surface area contributed by atoms with Crippen LogP contribution in [0.4, 0.5) is 10.1 Å². The molecule has 1 atom stereocenters. The van der Waals surface area contributed by atoms with Gasteiger partial charge in [0, 0.05) is 17.9 Å². The Balaban J connectivity index is 1.59. The van der Waals surface area contributed by atoms with E-state index in [9.17, 15) is 22.4 Å². The number of fused-ring (bicyclic) bond motifs is 1. The van der Waals surface area contributed by atoms with Gasteiger partial charge in [-0.2, -0.15) is 0 Å². The van der Waals surface area contributed by atoms with Crippen molar-refractivity contribution in [2.24, 2.45) is 0 Å². The summed E-state index contributed by atoms with van der Waals surface area (Å²) in [5.74, 6) is -1.30. The molecule has 0 bridgehead atoms. The standard InChI is InChI=1S/C19H19FN2O4S2/c1-12-19(24)22-16-10-15(6-7-17(16)27-12)28(25,26)9-8-18(23)21-11-13-2-4-14(20)5-3-13/h2-7,10,12H,8-9,11H2,1H3,(H,21,23)(H,22,24). The maximum Gasteiger partial charge on any atom is 0.237 e. The Bertz CT molecular complexity index is 1010. The summed E-state index contributed by atoms with van der Waals surface area (Å²) in [6.07, 6.45) is -0.196. The molecule has 0 fully saturated rings. The van der Waals surface area contributed by atoms with Gasteiger partial charge in [0.05, 0.1) is 21.6 Å². The lowest BCUT2D eigenvalue weighted by Crippen LogP contribution is -2.27. The van der Waals surface area contributed by atoms with E-state index in [2.05, 4.69) is 10.6 Å². The van der Waals surface area contributed by atoms with Gasteiger partial charge in [0.2, 0.25) is 11.8 Å². The smallest absolute Gasteiger partial charge is 0.237 e. The largest absolute Gasteiger partial charge is 0.352 e. The molecule has 2 amide bonds.